The first kappa shape index (κ1) is 12.7. The fraction of sp³-hybridized carbons (Fsp3) is 0.182. The normalized spacial score (nSPS) is 10.8. The molecule has 0 amide bonds. The molecule has 0 aromatic heterocycles. The Morgan fingerprint density at radius 2 is 2.00 bits per heavy atom. The Balaban J connectivity index is 2.78. The Hall–Kier alpha value is -2.37. The number of ether oxygens (including phenoxy) is 1. The van der Waals surface area contributed by atoms with Crippen molar-refractivity contribution in [3.8, 4) is 0 Å². The van der Waals surface area contributed by atoms with E-state index < -0.39 is 17.7 Å². The lowest BCUT2D eigenvalue weighted by molar-refractivity contribution is -0.138. The Bertz CT molecular complexity index is 428. The van der Waals surface area contributed by atoms with Crippen LogP contribution in [0, 0.1) is 0 Å². The van der Waals surface area contributed by atoms with Gasteiger partial charge in [0, 0.05) is 0 Å². The average molecular weight is 236 g/mol. The van der Waals surface area contributed by atoms with Gasteiger partial charge in [0.1, 0.15) is 0 Å². The third-order valence-corrected chi connectivity index (χ3v) is 1.74. The van der Waals surface area contributed by atoms with Gasteiger partial charge in [-0.25, -0.2) is 9.59 Å². The number of carboxylic acid groups (broad SMARTS) is 1. The van der Waals surface area contributed by atoms with Crippen LogP contribution in [0.5, 0.6) is 0 Å². The van der Waals surface area contributed by atoms with Crippen molar-refractivity contribution in [2.24, 2.45) is 5.10 Å². The topological polar surface area (TPSA) is 88.0 Å². The maximum absolute atomic E-state index is 11.2. The van der Waals surface area contributed by atoms with Gasteiger partial charge in [-0.15, -0.1) is 0 Å². The summed E-state index contributed by atoms with van der Waals surface area (Å²) in [5.74, 6) is -2.41. The Morgan fingerprint density at radius 1 is 1.35 bits per heavy atom. The van der Waals surface area contributed by atoms with Crippen LogP contribution in [0.4, 0.5) is 5.69 Å². The number of carboxylic acids is 1. The van der Waals surface area contributed by atoms with E-state index in [0.29, 0.717) is 5.69 Å². The van der Waals surface area contributed by atoms with E-state index in [1.165, 1.54) is 0 Å². The second-order valence-corrected chi connectivity index (χ2v) is 2.96. The average Bonchev–Trinajstić information content (AvgIpc) is 2.30. The van der Waals surface area contributed by atoms with Crippen molar-refractivity contribution in [2.45, 2.75) is 6.92 Å². The zero-order chi connectivity index (χ0) is 12.7. The molecule has 0 saturated carbocycles. The van der Waals surface area contributed by atoms with Gasteiger partial charge < -0.3 is 9.84 Å². The molecule has 0 aliphatic carbocycles. The van der Waals surface area contributed by atoms with E-state index in [4.69, 9.17) is 5.11 Å². The van der Waals surface area contributed by atoms with Crippen molar-refractivity contribution in [3.63, 3.8) is 0 Å². The monoisotopic (exact) mass is 236 g/mol. The molecule has 17 heavy (non-hydrogen) atoms. The summed E-state index contributed by atoms with van der Waals surface area (Å²) in [4.78, 5) is 22.0. The Morgan fingerprint density at radius 3 is 2.53 bits per heavy atom. The van der Waals surface area contributed by atoms with E-state index >= 15 is 0 Å². The third kappa shape index (κ3) is 3.94. The van der Waals surface area contributed by atoms with Crippen molar-refractivity contribution in [1.82, 2.24) is 0 Å². The molecule has 1 rings (SSSR count). The second kappa shape index (κ2) is 6.26. The number of carbonyl (C=O) groups is 2. The van der Waals surface area contributed by atoms with Crippen molar-refractivity contribution in [1.29, 1.82) is 0 Å². The van der Waals surface area contributed by atoms with Crippen LogP contribution in [0.15, 0.2) is 35.4 Å². The predicted molar refractivity (Wildman–Crippen MR) is 61.8 cm³/mol. The van der Waals surface area contributed by atoms with Crippen molar-refractivity contribution >= 4 is 23.3 Å². The molecule has 1 aromatic carbocycles. The molecule has 6 nitrogen and oxygen atoms in total. The summed E-state index contributed by atoms with van der Waals surface area (Å²) in [5.41, 5.74) is 2.37. The molecule has 0 atom stereocenters. The predicted octanol–water partition coefficient (Wildman–Crippen LogP) is 1.10. The highest BCUT2D eigenvalue weighted by Gasteiger charge is 2.21. The molecular formula is C11H12N2O4. The molecule has 0 bridgehead atoms. The highest BCUT2D eigenvalue weighted by Crippen LogP contribution is 2.04. The molecule has 0 heterocycles. The van der Waals surface area contributed by atoms with Crippen molar-refractivity contribution in [2.75, 3.05) is 12.0 Å². The number of benzene rings is 1. The summed E-state index contributed by atoms with van der Waals surface area (Å²) in [5, 5.41) is 12.3. The minimum absolute atomic E-state index is 0.0937. The quantitative estimate of drug-likeness (QED) is 0.346. The molecule has 0 unspecified atom stereocenters. The first-order chi connectivity index (χ1) is 8.15. The number of hydrazone groups is 1. The third-order valence-electron chi connectivity index (χ3n) is 1.74. The Kier molecular flexibility index (Phi) is 4.68. The van der Waals surface area contributed by atoms with E-state index in [2.05, 4.69) is 15.3 Å². The molecular weight excluding hydrogens is 224 g/mol. The molecule has 0 radical (unpaired) electrons. The number of aliphatic carboxylic acids is 1. The fourth-order valence-electron chi connectivity index (χ4n) is 1.01. The lowest BCUT2D eigenvalue weighted by Gasteiger charge is -2.03. The van der Waals surface area contributed by atoms with Gasteiger partial charge in [-0.1, -0.05) is 18.2 Å². The molecule has 6 heteroatoms. The standard InChI is InChI=1S/C11H12N2O4/c1-2-17-11(16)9(10(14)15)13-12-8-6-4-3-5-7-8/h3-7,12H,2H2,1H3,(H,14,15). The van der Waals surface area contributed by atoms with E-state index in [1.54, 1.807) is 37.3 Å². The molecule has 90 valence electrons. The van der Waals surface area contributed by atoms with Crippen LogP contribution in [-0.4, -0.2) is 29.4 Å². The molecule has 0 aliphatic rings. The minimum atomic E-state index is -1.44. The van der Waals surface area contributed by atoms with Crippen LogP contribution in [0.1, 0.15) is 6.92 Å². The highest BCUT2D eigenvalue weighted by molar-refractivity contribution is 6.62. The number of anilines is 1. The fourth-order valence-corrected chi connectivity index (χ4v) is 1.01. The number of rotatable bonds is 5. The summed E-state index contributed by atoms with van der Waals surface area (Å²) >= 11 is 0. The van der Waals surface area contributed by atoms with Crippen molar-refractivity contribution < 1.29 is 19.4 Å². The van der Waals surface area contributed by atoms with E-state index in [1.807, 2.05) is 0 Å². The molecule has 0 aliphatic heterocycles. The summed E-state index contributed by atoms with van der Waals surface area (Å²) in [6, 6.07) is 8.69. The number of hydrogen-bond donors (Lipinski definition) is 2. The maximum atomic E-state index is 11.2. The summed E-state index contributed by atoms with van der Waals surface area (Å²) in [6.45, 7) is 1.68. The first-order valence-electron chi connectivity index (χ1n) is 4.94. The second-order valence-electron chi connectivity index (χ2n) is 2.96. The van der Waals surface area contributed by atoms with Gasteiger partial charge in [0.2, 0.25) is 0 Å². The summed E-state index contributed by atoms with van der Waals surface area (Å²) < 4.78 is 4.56. The molecule has 2 N–H and O–H groups in total. The zero-order valence-electron chi connectivity index (χ0n) is 9.21. The zero-order valence-corrected chi connectivity index (χ0v) is 9.21. The highest BCUT2D eigenvalue weighted by atomic mass is 16.5. The van der Waals surface area contributed by atoms with Crippen LogP contribution in [0.3, 0.4) is 0 Å². The van der Waals surface area contributed by atoms with E-state index in [0.717, 1.165) is 0 Å². The van der Waals surface area contributed by atoms with Gasteiger partial charge in [0.15, 0.2) is 0 Å². The van der Waals surface area contributed by atoms with Gasteiger partial charge in [-0.05, 0) is 19.1 Å². The molecule has 0 spiro atoms. The summed E-state index contributed by atoms with van der Waals surface area (Å²) in [6.07, 6.45) is 0. The lowest BCUT2D eigenvalue weighted by atomic mass is 10.3. The van der Waals surface area contributed by atoms with Gasteiger partial charge in [-0.3, -0.25) is 5.43 Å². The van der Waals surface area contributed by atoms with Crippen LogP contribution in [0.25, 0.3) is 0 Å². The Labute approximate surface area is 97.9 Å². The number of carbonyl (C=O) groups excluding carboxylic acids is 1. The first-order valence-corrected chi connectivity index (χ1v) is 4.94. The van der Waals surface area contributed by atoms with Crippen LogP contribution < -0.4 is 5.43 Å². The number of nitrogens with one attached hydrogen (secondary N) is 1. The molecule has 0 saturated heterocycles. The number of esters is 1. The smallest absolute Gasteiger partial charge is 0.366 e. The van der Waals surface area contributed by atoms with E-state index in [9.17, 15) is 9.59 Å². The van der Waals surface area contributed by atoms with Gasteiger partial charge in [0.05, 0.1) is 12.3 Å². The largest absolute Gasteiger partial charge is 0.476 e. The lowest BCUT2D eigenvalue weighted by Crippen LogP contribution is -2.27. The van der Waals surface area contributed by atoms with Gasteiger partial charge in [-0.2, -0.15) is 5.10 Å². The summed E-state index contributed by atoms with van der Waals surface area (Å²) in [7, 11) is 0. The van der Waals surface area contributed by atoms with Crippen LogP contribution in [-0.2, 0) is 14.3 Å². The number of nitrogens with zero attached hydrogens (tertiary/aromatic N) is 1. The number of para-hydroxylation sites is 1. The minimum Gasteiger partial charge on any atom is -0.476 e. The molecule has 0 fully saturated rings. The maximum Gasteiger partial charge on any atom is 0.366 e. The number of hydrogen-bond acceptors (Lipinski definition) is 5. The van der Waals surface area contributed by atoms with E-state index in [-0.39, 0.29) is 6.61 Å². The van der Waals surface area contributed by atoms with Crippen molar-refractivity contribution in [3.05, 3.63) is 30.3 Å². The SMILES string of the molecule is CCOC(=O)C(=NNc1ccccc1)C(=O)O. The van der Waals surface area contributed by atoms with Gasteiger partial charge in [0.25, 0.3) is 5.71 Å². The molecule has 1 aromatic rings. The van der Waals surface area contributed by atoms with Crippen LogP contribution in [0.2, 0.25) is 0 Å². The van der Waals surface area contributed by atoms with Crippen LogP contribution >= 0.6 is 0 Å². The van der Waals surface area contributed by atoms with Gasteiger partial charge >= 0.3 is 11.9 Å².